The lowest BCUT2D eigenvalue weighted by atomic mass is 10.1. The standard InChI is InChI=1S/C32H40FN3O5S2/c1-7-27(31(38)34-32(3,4)5)35(21-23-13-15-24(33)16-14-23)30(37)22-36(28-11-9-10-12-29(28)41-8-2)43(39,40)26-19-17-25(42-6)18-20-26/h9-20,27H,7-8,21-22H2,1-6H3,(H,34,38)/t27-/m0/s1. The van der Waals surface area contributed by atoms with Crippen LogP contribution in [0.15, 0.2) is 82.6 Å². The van der Waals surface area contributed by atoms with Crippen LogP contribution >= 0.6 is 11.8 Å². The normalized spacial score (nSPS) is 12.3. The molecule has 3 aromatic carbocycles. The van der Waals surface area contributed by atoms with Gasteiger partial charge in [0, 0.05) is 17.0 Å². The predicted molar refractivity (Wildman–Crippen MR) is 169 cm³/mol. The molecule has 11 heteroatoms. The summed E-state index contributed by atoms with van der Waals surface area (Å²) in [6.07, 6.45) is 2.16. The number of carbonyl (C=O) groups is 2. The van der Waals surface area contributed by atoms with Gasteiger partial charge in [0.15, 0.2) is 0 Å². The molecule has 8 nitrogen and oxygen atoms in total. The quantitative estimate of drug-likeness (QED) is 0.238. The van der Waals surface area contributed by atoms with E-state index >= 15 is 0 Å². The molecule has 0 aliphatic carbocycles. The molecule has 3 aromatic rings. The van der Waals surface area contributed by atoms with Crippen molar-refractivity contribution >= 4 is 39.3 Å². The molecule has 0 spiro atoms. The zero-order valence-electron chi connectivity index (χ0n) is 25.5. The van der Waals surface area contributed by atoms with Crippen LogP contribution in [0.3, 0.4) is 0 Å². The molecular formula is C32H40FN3O5S2. The van der Waals surface area contributed by atoms with Gasteiger partial charge in [0.25, 0.3) is 10.0 Å². The van der Waals surface area contributed by atoms with Crippen molar-refractivity contribution in [2.75, 3.05) is 23.7 Å². The van der Waals surface area contributed by atoms with Crippen molar-refractivity contribution < 1.29 is 27.1 Å². The van der Waals surface area contributed by atoms with Gasteiger partial charge >= 0.3 is 0 Å². The van der Waals surface area contributed by atoms with Crippen LogP contribution < -0.4 is 14.4 Å². The Morgan fingerprint density at radius 2 is 1.60 bits per heavy atom. The van der Waals surface area contributed by atoms with Crippen LogP contribution in [0.5, 0.6) is 5.75 Å². The molecule has 0 aromatic heterocycles. The van der Waals surface area contributed by atoms with Crippen LogP contribution in [-0.4, -0.2) is 56.1 Å². The number of hydrogen-bond donors (Lipinski definition) is 1. The van der Waals surface area contributed by atoms with Crippen LogP contribution in [0.25, 0.3) is 0 Å². The molecule has 43 heavy (non-hydrogen) atoms. The number of amides is 2. The second kappa shape index (κ2) is 14.7. The van der Waals surface area contributed by atoms with Crippen LogP contribution in [0.1, 0.15) is 46.6 Å². The van der Waals surface area contributed by atoms with E-state index in [2.05, 4.69) is 5.32 Å². The van der Waals surface area contributed by atoms with Gasteiger partial charge in [-0.2, -0.15) is 0 Å². The minimum absolute atomic E-state index is 0.00648. The van der Waals surface area contributed by atoms with Gasteiger partial charge in [0.2, 0.25) is 11.8 Å². The molecule has 0 unspecified atom stereocenters. The van der Waals surface area contributed by atoms with E-state index in [4.69, 9.17) is 4.74 Å². The molecule has 0 heterocycles. The number of hydrogen-bond acceptors (Lipinski definition) is 6. The molecule has 2 amide bonds. The fourth-order valence-corrected chi connectivity index (χ4v) is 6.32. The van der Waals surface area contributed by atoms with Gasteiger partial charge < -0.3 is 15.0 Å². The lowest BCUT2D eigenvalue weighted by molar-refractivity contribution is -0.141. The topological polar surface area (TPSA) is 96.0 Å². The van der Waals surface area contributed by atoms with E-state index in [9.17, 15) is 22.4 Å². The number of nitrogens with one attached hydrogen (secondary N) is 1. The van der Waals surface area contributed by atoms with E-state index < -0.39 is 39.9 Å². The number of ether oxygens (including phenoxy) is 1. The van der Waals surface area contributed by atoms with Crippen molar-refractivity contribution in [1.82, 2.24) is 10.2 Å². The van der Waals surface area contributed by atoms with E-state index in [1.54, 1.807) is 50.2 Å². The highest BCUT2D eigenvalue weighted by Crippen LogP contribution is 2.33. The molecule has 0 aliphatic rings. The summed E-state index contributed by atoms with van der Waals surface area (Å²) in [6.45, 7) is 8.73. The van der Waals surface area contributed by atoms with Crippen LogP contribution in [0, 0.1) is 5.82 Å². The molecule has 1 atom stereocenters. The van der Waals surface area contributed by atoms with E-state index in [-0.39, 0.29) is 36.1 Å². The fraction of sp³-hybridized carbons (Fsp3) is 0.375. The fourth-order valence-electron chi connectivity index (χ4n) is 4.49. The van der Waals surface area contributed by atoms with Gasteiger partial charge in [-0.15, -0.1) is 11.8 Å². The smallest absolute Gasteiger partial charge is 0.264 e. The van der Waals surface area contributed by atoms with Gasteiger partial charge in [-0.05, 0) is 94.5 Å². The van der Waals surface area contributed by atoms with Crippen LogP contribution in [0.2, 0.25) is 0 Å². The monoisotopic (exact) mass is 629 g/mol. The number of halogens is 1. The Balaban J connectivity index is 2.12. The average Bonchev–Trinajstić information content (AvgIpc) is 2.96. The molecule has 0 saturated heterocycles. The number of carbonyl (C=O) groups excluding carboxylic acids is 2. The highest BCUT2D eigenvalue weighted by atomic mass is 32.2. The highest BCUT2D eigenvalue weighted by Gasteiger charge is 2.35. The maximum Gasteiger partial charge on any atom is 0.264 e. The van der Waals surface area contributed by atoms with Gasteiger partial charge in [-0.25, -0.2) is 12.8 Å². The number of sulfonamides is 1. The molecule has 232 valence electrons. The molecule has 0 aliphatic heterocycles. The third-order valence-electron chi connectivity index (χ3n) is 6.51. The molecule has 0 saturated carbocycles. The summed E-state index contributed by atoms with van der Waals surface area (Å²) in [7, 11) is -4.26. The van der Waals surface area contributed by atoms with E-state index in [1.807, 2.05) is 27.0 Å². The summed E-state index contributed by atoms with van der Waals surface area (Å²) in [5.74, 6) is -1.11. The summed E-state index contributed by atoms with van der Waals surface area (Å²) in [6, 6.07) is 17.8. The van der Waals surface area contributed by atoms with E-state index in [1.165, 1.54) is 53.1 Å². The first-order valence-corrected chi connectivity index (χ1v) is 16.7. The van der Waals surface area contributed by atoms with Crippen LogP contribution in [0.4, 0.5) is 10.1 Å². The van der Waals surface area contributed by atoms with Gasteiger partial charge in [-0.3, -0.25) is 13.9 Å². The van der Waals surface area contributed by atoms with Gasteiger partial charge in [0.05, 0.1) is 17.2 Å². The minimum atomic E-state index is -4.26. The number of nitrogens with zero attached hydrogens (tertiary/aromatic N) is 2. The molecule has 0 bridgehead atoms. The third kappa shape index (κ3) is 8.96. The number of anilines is 1. The molecule has 1 N–H and O–H groups in total. The number of rotatable bonds is 13. The lowest BCUT2D eigenvalue weighted by Gasteiger charge is -2.35. The Morgan fingerprint density at radius 3 is 2.16 bits per heavy atom. The number of thioether (sulfide) groups is 1. The molecule has 0 radical (unpaired) electrons. The first kappa shape index (κ1) is 33.9. The minimum Gasteiger partial charge on any atom is -0.492 e. The summed E-state index contributed by atoms with van der Waals surface area (Å²) >= 11 is 1.48. The number of para-hydroxylation sites is 2. The van der Waals surface area contributed by atoms with Gasteiger partial charge in [-0.1, -0.05) is 31.2 Å². The summed E-state index contributed by atoms with van der Waals surface area (Å²) in [5.41, 5.74) is 0.221. The molecule has 0 fully saturated rings. The average molecular weight is 630 g/mol. The van der Waals surface area contributed by atoms with Crippen molar-refractivity contribution in [2.45, 2.75) is 69.0 Å². The second-order valence-corrected chi connectivity index (χ2v) is 13.6. The Labute approximate surface area is 258 Å². The zero-order chi connectivity index (χ0) is 31.8. The maximum absolute atomic E-state index is 14.2. The molecule has 3 rings (SSSR count). The maximum atomic E-state index is 14.2. The summed E-state index contributed by atoms with van der Waals surface area (Å²) in [5, 5.41) is 2.93. The second-order valence-electron chi connectivity index (χ2n) is 10.9. The predicted octanol–water partition coefficient (Wildman–Crippen LogP) is 5.86. The SMILES string of the molecule is CCOc1ccccc1N(CC(=O)N(Cc1ccc(F)cc1)[C@@H](CC)C(=O)NC(C)(C)C)S(=O)(=O)c1ccc(SC)cc1. The number of benzene rings is 3. The largest absolute Gasteiger partial charge is 0.492 e. The van der Waals surface area contributed by atoms with Crippen molar-refractivity contribution in [3.63, 3.8) is 0 Å². The lowest BCUT2D eigenvalue weighted by Crippen LogP contribution is -2.55. The highest BCUT2D eigenvalue weighted by molar-refractivity contribution is 7.98. The first-order valence-electron chi connectivity index (χ1n) is 14.0. The van der Waals surface area contributed by atoms with Crippen molar-refractivity contribution in [2.24, 2.45) is 0 Å². The summed E-state index contributed by atoms with van der Waals surface area (Å²) < 4.78 is 48.8. The Bertz CT molecular complexity index is 1490. The van der Waals surface area contributed by atoms with Crippen molar-refractivity contribution in [3.05, 3.63) is 84.2 Å². The van der Waals surface area contributed by atoms with Gasteiger partial charge in [0.1, 0.15) is 24.2 Å². The van der Waals surface area contributed by atoms with E-state index in [0.717, 1.165) is 9.20 Å². The Kier molecular flexibility index (Phi) is 11.6. The summed E-state index contributed by atoms with van der Waals surface area (Å²) in [4.78, 5) is 29.9. The van der Waals surface area contributed by atoms with Crippen molar-refractivity contribution in [3.8, 4) is 5.75 Å². The Morgan fingerprint density at radius 1 is 0.977 bits per heavy atom. The molecular weight excluding hydrogens is 590 g/mol. The first-order chi connectivity index (χ1) is 20.3. The Hall–Kier alpha value is -3.57. The van der Waals surface area contributed by atoms with E-state index in [0.29, 0.717) is 11.3 Å². The zero-order valence-corrected chi connectivity index (χ0v) is 27.1. The van der Waals surface area contributed by atoms with Crippen LogP contribution in [-0.2, 0) is 26.2 Å². The third-order valence-corrected chi connectivity index (χ3v) is 9.03. The van der Waals surface area contributed by atoms with Crippen molar-refractivity contribution in [1.29, 1.82) is 0 Å².